The number of aromatic hydroxyl groups is 1. The van der Waals surface area contributed by atoms with Crippen LogP contribution in [-0.4, -0.2) is 16.8 Å². The number of azo groups is 1. The molecule has 3 rings (SSSR count). The molecule has 31 heavy (non-hydrogen) atoms. The molecule has 0 aliphatic rings. The van der Waals surface area contributed by atoms with Crippen LogP contribution in [0.4, 0.5) is 11.4 Å². The highest BCUT2D eigenvalue weighted by atomic mass is 16.5. The average Bonchev–Trinajstić information content (AvgIpc) is 2.80. The zero-order valence-corrected chi connectivity index (χ0v) is 17.8. The lowest BCUT2D eigenvalue weighted by molar-refractivity contribution is 0.403. The maximum atomic E-state index is 13.0. The molecular formula is C24H24N4O3. The third kappa shape index (κ3) is 4.81. The van der Waals surface area contributed by atoms with Crippen molar-refractivity contribution in [3.8, 4) is 17.7 Å². The highest BCUT2D eigenvalue weighted by Crippen LogP contribution is 2.27. The van der Waals surface area contributed by atoms with Gasteiger partial charge in [0.2, 0.25) is 5.88 Å². The summed E-state index contributed by atoms with van der Waals surface area (Å²) in [6.45, 7) is 3.84. The van der Waals surface area contributed by atoms with Gasteiger partial charge >= 0.3 is 0 Å². The number of aryl methyl sites for hydroxylation is 2. The molecule has 1 aromatic heterocycles. The fraction of sp³-hybridized carbons (Fsp3) is 0.250. The van der Waals surface area contributed by atoms with E-state index in [9.17, 15) is 15.2 Å². The molecule has 0 amide bonds. The van der Waals surface area contributed by atoms with E-state index >= 15 is 0 Å². The van der Waals surface area contributed by atoms with Crippen molar-refractivity contribution in [2.75, 3.05) is 7.11 Å². The lowest BCUT2D eigenvalue weighted by atomic mass is 10.1. The van der Waals surface area contributed by atoms with Gasteiger partial charge in [-0.25, -0.2) is 0 Å². The van der Waals surface area contributed by atoms with Gasteiger partial charge in [0.1, 0.15) is 17.4 Å². The second-order valence-corrected chi connectivity index (χ2v) is 7.06. The number of nitriles is 1. The van der Waals surface area contributed by atoms with Gasteiger partial charge < -0.3 is 9.84 Å². The van der Waals surface area contributed by atoms with Gasteiger partial charge in [-0.3, -0.25) is 9.36 Å². The van der Waals surface area contributed by atoms with Gasteiger partial charge in [0.15, 0.2) is 5.69 Å². The van der Waals surface area contributed by atoms with Crippen molar-refractivity contribution in [2.24, 2.45) is 10.2 Å². The largest absolute Gasteiger partial charge is 0.497 e. The Balaban J connectivity index is 1.94. The molecule has 0 aliphatic heterocycles. The number of hydrogen-bond donors (Lipinski definition) is 1. The third-order valence-electron chi connectivity index (χ3n) is 5.16. The minimum atomic E-state index is -0.489. The Hall–Kier alpha value is -3.92. The zero-order chi connectivity index (χ0) is 22.4. The zero-order valence-electron chi connectivity index (χ0n) is 17.8. The second-order valence-electron chi connectivity index (χ2n) is 7.06. The Morgan fingerprint density at radius 2 is 1.71 bits per heavy atom. The van der Waals surface area contributed by atoms with Crippen LogP contribution < -0.4 is 10.3 Å². The lowest BCUT2D eigenvalue weighted by Crippen LogP contribution is -2.22. The predicted molar refractivity (Wildman–Crippen MR) is 119 cm³/mol. The smallest absolute Gasteiger partial charge is 0.281 e. The summed E-state index contributed by atoms with van der Waals surface area (Å²) in [6, 6.07) is 17.0. The highest BCUT2D eigenvalue weighted by Gasteiger charge is 2.19. The van der Waals surface area contributed by atoms with E-state index in [0.717, 1.165) is 17.7 Å². The van der Waals surface area contributed by atoms with Crippen LogP contribution in [0.2, 0.25) is 0 Å². The number of methoxy groups -OCH3 is 1. The van der Waals surface area contributed by atoms with Gasteiger partial charge in [0.25, 0.3) is 5.56 Å². The van der Waals surface area contributed by atoms with Gasteiger partial charge in [-0.1, -0.05) is 31.2 Å². The molecule has 0 bridgehead atoms. The van der Waals surface area contributed by atoms with Gasteiger partial charge in [0, 0.05) is 12.1 Å². The standard InChI is InChI=1S/C24H24N4O3/c1-4-17-5-9-19(10-6-17)26-27-22-16(2)21(15-25)23(29)28(24(22)30)14-13-18-7-11-20(31-3)12-8-18/h5-12,29H,4,13-14H2,1-3H3. The van der Waals surface area contributed by atoms with E-state index in [2.05, 4.69) is 17.2 Å². The topological polar surface area (TPSA) is 100.0 Å². The Labute approximate surface area is 180 Å². The molecule has 0 saturated heterocycles. The Bertz CT molecular complexity index is 1190. The van der Waals surface area contributed by atoms with E-state index in [1.54, 1.807) is 14.0 Å². The first kappa shape index (κ1) is 21.8. The van der Waals surface area contributed by atoms with Crippen LogP contribution in [0.25, 0.3) is 0 Å². The minimum Gasteiger partial charge on any atom is -0.497 e. The molecule has 0 radical (unpaired) electrons. The summed E-state index contributed by atoms with van der Waals surface area (Å²) in [4.78, 5) is 13.0. The summed E-state index contributed by atoms with van der Waals surface area (Å²) in [7, 11) is 1.59. The molecule has 0 fully saturated rings. The number of hydrogen-bond acceptors (Lipinski definition) is 6. The van der Waals surface area contributed by atoms with Gasteiger partial charge in [-0.15, -0.1) is 5.11 Å². The molecule has 0 unspecified atom stereocenters. The van der Waals surface area contributed by atoms with E-state index in [1.807, 2.05) is 54.6 Å². The van der Waals surface area contributed by atoms with Crippen LogP contribution in [0.5, 0.6) is 11.6 Å². The number of ether oxygens (including phenoxy) is 1. The predicted octanol–water partition coefficient (Wildman–Crippen LogP) is 4.96. The first-order chi connectivity index (χ1) is 15.0. The molecular weight excluding hydrogens is 392 g/mol. The summed E-state index contributed by atoms with van der Waals surface area (Å²) < 4.78 is 6.32. The van der Waals surface area contributed by atoms with Gasteiger partial charge in [0.05, 0.1) is 12.8 Å². The van der Waals surface area contributed by atoms with Crippen molar-refractivity contribution in [3.63, 3.8) is 0 Å². The summed E-state index contributed by atoms with van der Waals surface area (Å²) in [6.07, 6.45) is 1.40. The Morgan fingerprint density at radius 1 is 1.06 bits per heavy atom. The molecule has 7 heteroatoms. The highest BCUT2D eigenvalue weighted by molar-refractivity contribution is 5.56. The average molecular weight is 416 g/mol. The van der Waals surface area contributed by atoms with Crippen molar-refractivity contribution in [2.45, 2.75) is 33.2 Å². The first-order valence-corrected chi connectivity index (χ1v) is 9.98. The van der Waals surface area contributed by atoms with Crippen LogP contribution in [0, 0.1) is 18.3 Å². The summed E-state index contributed by atoms with van der Waals surface area (Å²) in [5.41, 5.74) is 2.62. The monoisotopic (exact) mass is 416 g/mol. The molecule has 0 spiro atoms. The van der Waals surface area contributed by atoms with E-state index in [1.165, 1.54) is 10.1 Å². The Morgan fingerprint density at radius 3 is 2.29 bits per heavy atom. The molecule has 1 heterocycles. The summed E-state index contributed by atoms with van der Waals surface area (Å²) >= 11 is 0. The Kier molecular flexibility index (Phi) is 6.83. The van der Waals surface area contributed by atoms with E-state index < -0.39 is 5.56 Å². The normalized spacial score (nSPS) is 10.9. The molecule has 2 aromatic carbocycles. The van der Waals surface area contributed by atoms with Gasteiger partial charge in [-0.05, 0) is 55.2 Å². The van der Waals surface area contributed by atoms with E-state index in [4.69, 9.17) is 4.74 Å². The number of pyridine rings is 1. The molecule has 7 nitrogen and oxygen atoms in total. The maximum Gasteiger partial charge on any atom is 0.281 e. The van der Waals surface area contributed by atoms with Gasteiger partial charge in [-0.2, -0.15) is 10.4 Å². The molecule has 0 atom stereocenters. The number of aromatic nitrogens is 1. The van der Waals surface area contributed by atoms with Crippen LogP contribution in [-0.2, 0) is 19.4 Å². The van der Waals surface area contributed by atoms with Crippen LogP contribution in [0.1, 0.15) is 29.2 Å². The molecule has 1 N–H and O–H groups in total. The lowest BCUT2D eigenvalue weighted by Gasteiger charge is -2.13. The first-order valence-electron chi connectivity index (χ1n) is 9.98. The van der Waals surface area contributed by atoms with Crippen LogP contribution in [0.15, 0.2) is 63.6 Å². The van der Waals surface area contributed by atoms with E-state index in [0.29, 0.717) is 17.7 Å². The van der Waals surface area contributed by atoms with Crippen molar-refractivity contribution in [1.82, 2.24) is 4.57 Å². The van der Waals surface area contributed by atoms with Crippen LogP contribution >= 0.6 is 0 Å². The summed E-state index contributed by atoms with van der Waals surface area (Å²) in [5, 5.41) is 28.3. The number of benzene rings is 2. The second kappa shape index (κ2) is 9.72. The molecule has 158 valence electrons. The quantitative estimate of drug-likeness (QED) is 0.550. The maximum absolute atomic E-state index is 13.0. The number of rotatable bonds is 7. The van der Waals surface area contributed by atoms with Crippen molar-refractivity contribution >= 4 is 11.4 Å². The molecule has 0 saturated carbocycles. The van der Waals surface area contributed by atoms with Crippen LogP contribution in [0.3, 0.4) is 0 Å². The van der Waals surface area contributed by atoms with Crippen molar-refractivity contribution in [3.05, 3.63) is 81.1 Å². The van der Waals surface area contributed by atoms with Crippen molar-refractivity contribution in [1.29, 1.82) is 5.26 Å². The number of nitrogens with zero attached hydrogens (tertiary/aromatic N) is 4. The van der Waals surface area contributed by atoms with E-state index in [-0.39, 0.29) is 23.7 Å². The third-order valence-corrected chi connectivity index (χ3v) is 5.16. The molecule has 0 aliphatic carbocycles. The summed E-state index contributed by atoms with van der Waals surface area (Å²) in [5.74, 6) is 0.380. The SMILES string of the molecule is CCc1ccc(N=Nc2c(C)c(C#N)c(O)n(CCc3ccc(OC)cc3)c2=O)cc1. The molecule has 3 aromatic rings. The van der Waals surface area contributed by atoms with Crippen molar-refractivity contribution < 1.29 is 9.84 Å². The fourth-order valence-corrected chi connectivity index (χ4v) is 3.20. The minimum absolute atomic E-state index is 0.0182. The fourth-order valence-electron chi connectivity index (χ4n) is 3.20.